The summed E-state index contributed by atoms with van der Waals surface area (Å²) in [7, 11) is 0. The molecule has 0 spiro atoms. The lowest BCUT2D eigenvalue weighted by molar-refractivity contribution is -0.136. The summed E-state index contributed by atoms with van der Waals surface area (Å²) < 4.78 is 0. The maximum Gasteiger partial charge on any atom is 0.323 e. The third-order valence-corrected chi connectivity index (χ3v) is 6.17. The van der Waals surface area contributed by atoms with Gasteiger partial charge in [0.05, 0.1) is 12.8 Å². The summed E-state index contributed by atoms with van der Waals surface area (Å²) in [6, 6.07) is 13.1. The smallest absolute Gasteiger partial charge is 0.323 e. The van der Waals surface area contributed by atoms with Gasteiger partial charge < -0.3 is 21.1 Å². The van der Waals surface area contributed by atoms with E-state index in [9.17, 15) is 19.2 Å². The van der Waals surface area contributed by atoms with Gasteiger partial charge >= 0.3 is 12.0 Å². The van der Waals surface area contributed by atoms with Gasteiger partial charge in [-0.1, -0.05) is 55.5 Å². The second-order valence-electron chi connectivity index (χ2n) is 9.08. The number of urea groups is 1. The lowest BCUT2D eigenvalue weighted by atomic mass is 10.0. The minimum absolute atomic E-state index is 0.0408. The quantitative estimate of drug-likeness (QED) is 0.248. The summed E-state index contributed by atoms with van der Waals surface area (Å²) in [5.41, 5.74) is 2.93. The molecule has 38 heavy (non-hydrogen) atoms. The predicted molar refractivity (Wildman–Crippen MR) is 145 cm³/mol. The van der Waals surface area contributed by atoms with Crippen LogP contribution in [-0.2, 0) is 27.2 Å². The van der Waals surface area contributed by atoms with Crippen LogP contribution in [0.5, 0.6) is 0 Å². The Hall–Kier alpha value is -4.32. The van der Waals surface area contributed by atoms with Gasteiger partial charge in [-0.3, -0.25) is 19.7 Å². The largest absolute Gasteiger partial charge is 0.481 e. The average molecular weight is 539 g/mol. The number of nitrogens with one attached hydrogen (secondary N) is 4. The van der Waals surface area contributed by atoms with Gasteiger partial charge in [-0.05, 0) is 48.6 Å². The van der Waals surface area contributed by atoms with E-state index in [1.807, 2.05) is 45.0 Å². The number of carbonyl (C=O) groups is 4. The van der Waals surface area contributed by atoms with E-state index in [0.29, 0.717) is 23.4 Å². The van der Waals surface area contributed by atoms with Crippen LogP contribution in [0.2, 0.25) is 0 Å². The van der Waals surface area contributed by atoms with Crippen molar-refractivity contribution in [3.8, 4) is 0 Å². The number of benzene rings is 2. The van der Waals surface area contributed by atoms with E-state index in [4.69, 9.17) is 5.11 Å². The van der Waals surface area contributed by atoms with Gasteiger partial charge in [0.25, 0.3) is 0 Å². The van der Waals surface area contributed by atoms with Crippen molar-refractivity contribution >= 4 is 51.7 Å². The number of carbonyl (C=O) groups excluding carboxylic acids is 3. The first-order chi connectivity index (χ1) is 18.1. The minimum atomic E-state index is -1.04. The summed E-state index contributed by atoms with van der Waals surface area (Å²) in [5, 5.41) is 27.8. The van der Waals surface area contributed by atoms with Crippen molar-refractivity contribution < 1.29 is 24.3 Å². The Kier molecular flexibility index (Phi) is 9.88. The highest BCUT2D eigenvalue weighted by Gasteiger charge is 2.23. The lowest BCUT2D eigenvalue weighted by Gasteiger charge is -2.19. The Bertz CT molecular complexity index is 1290. The Balaban J connectivity index is 1.54. The summed E-state index contributed by atoms with van der Waals surface area (Å²) in [6.45, 7) is 5.77. The van der Waals surface area contributed by atoms with Crippen LogP contribution in [0.4, 0.5) is 21.3 Å². The fourth-order valence-corrected chi connectivity index (χ4v) is 4.27. The van der Waals surface area contributed by atoms with Crippen molar-refractivity contribution in [3.63, 3.8) is 0 Å². The predicted octanol–water partition coefficient (Wildman–Crippen LogP) is 3.83. The zero-order chi connectivity index (χ0) is 27.7. The fourth-order valence-electron chi connectivity index (χ4n) is 3.53. The van der Waals surface area contributed by atoms with Crippen molar-refractivity contribution in [3.05, 3.63) is 64.7 Å². The maximum atomic E-state index is 12.8. The summed E-state index contributed by atoms with van der Waals surface area (Å²) in [6.07, 6.45) is 0.154. The number of carboxylic acid groups (broad SMARTS) is 1. The van der Waals surface area contributed by atoms with E-state index < -0.39 is 17.9 Å². The van der Waals surface area contributed by atoms with E-state index in [0.717, 1.165) is 16.9 Å². The average Bonchev–Trinajstić information content (AvgIpc) is 3.27. The van der Waals surface area contributed by atoms with Crippen LogP contribution in [0.3, 0.4) is 0 Å². The SMILES string of the molecule is Cc1ccccc1NC(=O)Nc1ccc(CC(=O)N[C@@H](CC(C)C)C(=O)Nc2nnc(CC(=O)O)s2)cc1. The molecule has 0 bridgehead atoms. The van der Waals surface area contributed by atoms with Gasteiger partial charge in [-0.15, -0.1) is 10.2 Å². The topological polar surface area (TPSA) is 162 Å². The molecular weight excluding hydrogens is 508 g/mol. The molecule has 1 atom stereocenters. The van der Waals surface area contributed by atoms with E-state index in [2.05, 4.69) is 31.5 Å². The first kappa shape index (κ1) is 28.3. The molecule has 12 heteroatoms. The normalized spacial score (nSPS) is 11.5. The van der Waals surface area contributed by atoms with Gasteiger partial charge in [0, 0.05) is 11.4 Å². The van der Waals surface area contributed by atoms with Crippen LogP contribution < -0.4 is 21.3 Å². The van der Waals surface area contributed by atoms with Gasteiger partial charge in [-0.2, -0.15) is 0 Å². The first-order valence-corrected chi connectivity index (χ1v) is 12.8. The number of aliphatic carboxylic acids is 1. The fraction of sp³-hybridized carbons (Fsp3) is 0.308. The van der Waals surface area contributed by atoms with E-state index in [1.165, 1.54) is 0 Å². The number of hydrogen-bond donors (Lipinski definition) is 5. The minimum Gasteiger partial charge on any atom is -0.481 e. The molecular formula is C26H30N6O5S. The summed E-state index contributed by atoms with van der Waals surface area (Å²) >= 11 is 0.972. The summed E-state index contributed by atoms with van der Waals surface area (Å²) in [5.74, 6) is -1.71. The van der Waals surface area contributed by atoms with Crippen LogP contribution in [0.15, 0.2) is 48.5 Å². The van der Waals surface area contributed by atoms with E-state index in [1.54, 1.807) is 24.3 Å². The molecule has 11 nitrogen and oxygen atoms in total. The van der Waals surface area contributed by atoms with Crippen molar-refractivity contribution in [2.24, 2.45) is 5.92 Å². The van der Waals surface area contributed by atoms with Crippen molar-refractivity contribution in [2.75, 3.05) is 16.0 Å². The van der Waals surface area contributed by atoms with Crippen LogP contribution in [-0.4, -0.2) is 45.2 Å². The number of carboxylic acids is 1. The molecule has 3 rings (SSSR count). The van der Waals surface area contributed by atoms with Crippen LogP contribution in [0.25, 0.3) is 0 Å². The Morgan fingerprint density at radius 3 is 2.29 bits per heavy atom. The number of nitrogens with zero attached hydrogens (tertiary/aromatic N) is 2. The number of aryl methyl sites for hydroxylation is 1. The molecule has 0 fully saturated rings. The van der Waals surface area contributed by atoms with E-state index >= 15 is 0 Å². The molecule has 200 valence electrons. The molecule has 5 N–H and O–H groups in total. The number of aromatic nitrogens is 2. The molecule has 0 aliphatic heterocycles. The van der Waals surface area contributed by atoms with Crippen molar-refractivity contribution in [1.82, 2.24) is 15.5 Å². The maximum absolute atomic E-state index is 12.8. The standard InChI is InChI=1S/C26H30N6O5S/c1-15(2)12-20(24(36)30-26-32-31-22(38-26)14-23(34)35)28-21(33)13-17-8-10-18(11-9-17)27-25(37)29-19-7-5-4-6-16(19)3/h4-11,15,20H,12-14H2,1-3H3,(H,28,33)(H,34,35)(H2,27,29,37)(H,30,32,36)/t20-/m0/s1. The molecule has 4 amide bonds. The Labute approximate surface area is 224 Å². The number of hydrogen-bond acceptors (Lipinski definition) is 7. The van der Waals surface area contributed by atoms with Crippen LogP contribution >= 0.6 is 11.3 Å². The van der Waals surface area contributed by atoms with Gasteiger partial charge in [-0.25, -0.2) is 4.79 Å². The molecule has 3 aromatic rings. The number of para-hydroxylation sites is 1. The monoisotopic (exact) mass is 538 g/mol. The Morgan fingerprint density at radius 2 is 1.63 bits per heavy atom. The van der Waals surface area contributed by atoms with Gasteiger partial charge in [0.15, 0.2) is 0 Å². The van der Waals surface area contributed by atoms with Gasteiger partial charge in [0.1, 0.15) is 11.0 Å². The second-order valence-corrected chi connectivity index (χ2v) is 10.1. The zero-order valence-corrected chi connectivity index (χ0v) is 22.1. The van der Waals surface area contributed by atoms with Gasteiger partial charge in [0.2, 0.25) is 16.9 Å². The van der Waals surface area contributed by atoms with E-state index in [-0.39, 0.29) is 40.8 Å². The zero-order valence-electron chi connectivity index (χ0n) is 21.3. The highest BCUT2D eigenvalue weighted by atomic mass is 32.1. The number of anilines is 3. The van der Waals surface area contributed by atoms with Crippen molar-refractivity contribution in [1.29, 1.82) is 0 Å². The molecule has 0 saturated heterocycles. The lowest BCUT2D eigenvalue weighted by Crippen LogP contribution is -2.45. The van der Waals surface area contributed by atoms with Crippen LogP contribution in [0.1, 0.15) is 36.4 Å². The number of rotatable bonds is 11. The van der Waals surface area contributed by atoms with Crippen LogP contribution in [0, 0.1) is 12.8 Å². The molecule has 0 aliphatic carbocycles. The Morgan fingerprint density at radius 1 is 0.921 bits per heavy atom. The molecule has 0 radical (unpaired) electrons. The molecule has 1 aromatic heterocycles. The molecule has 0 unspecified atom stereocenters. The second kappa shape index (κ2) is 13.3. The third kappa shape index (κ3) is 8.96. The first-order valence-electron chi connectivity index (χ1n) is 12.0. The molecule has 0 aliphatic rings. The summed E-state index contributed by atoms with van der Waals surface area (Å²) in [4.78, 5) is 48.7. The molecule has 2 aromatic carbocycles. The molecule has 1 heterocycles. The third-order valence-electron chi connectivity index (χ3n) is 5.33. The van der Waals surface area contributed by atoms with Crippen molar-refractivity contribution in [2.45, 2.75) is 46.1 Å². The highest BCUT2D eigenvalue weighted by Crippen LogP contribution is 2.18. The number of amides is 4. The molecule has 0 saturated carbocycles. The highest BCUT2D eigenvalue weighted by molar-refractivity contribution is 7.15.